The Bertz CT molecular complexity index is 837. The summed E-state index contributed by atoms with van der Waals surface area (Å²) in [5, 5.41) is 20.4. The van der Waals surface area contributed by atoms with E-state index in [2.05, 4.69) is 21.2 Å². The normalized spacial score (nSPS) is 10.6. The molecule has 7 heteroatoms. The van der Waals surface area contributed by atoms with E-state index in [0.29, 0.717) is 17.0 Å². The van der Waals surface area contributed by atoms with E-state index in [-0.39, 0.29) is 5.57 Å². The molecule has 0 heterocycles. The van der Waals surface area contributed by atoms with Crippen LogP contribution in [0.2, 0.25) is 0 Å². The Labute approximate surface area is 152 Å². The van der Waals surface area contributed by atoms with Crippen LogP contribution in [0.15, 0.2) is 58.6 Å². The Balaban J connectivity index is 2.08. The van der Waals surface area contributed by atoms with Crippen LogP contribution in [0, 0.1) is 11.3 Å². The number of nitrogens with one attached hydrogen (secondary N) is 1. The minimum Gasteiger partial charge on any atom is -0.482 e. The minimum atomic E-state index is -1.07. The number of anilines is 1. The van der Waals surface area contributed by atoms with Crippen LogP contribution < -0.4 is 10.1 Å². The molecule has 6 nitrogen and oxygen atoms in total. The Hall–Kier alpha value is -3.11. The van der Waals surface area contributed by atoms with E-state index in [4.69, 9.17) is 9.84 Å². The fraction of sp³-hybridized carbons (Fsp3) is 0.0556. The van der Waals surface area contributed by atoms with Crippen LogP contribution in [0.25, 0.3) is 6.08 Å². The summed E-state index contributed by atoms with van der Waals surface area (Å²) < 4.78 is 5.90. The van der Waals surface area contributed by atoms with Gasteiger partial charge in [0.2, 0.25) is 0 Å². The van der Waals surface area contributed by atoms with Crippen molar-refractivity contribution >= 4 is 39.6 Å². The molecule has 0 saturated heterocycles. The summed E-state index contributed by atoms with van der Waals surface area (Å²) in [6.45, 7) is -0.436. The monoisotopic (exact) mass is 400 g/mol. The lowest BCUT2D eigenvalue weighted by atomic mass is 10.1. The number of halogens is 1. The zero-order valence-electron chi connectivity index (χ0n) is 12.9. The molecule has 0 spiro atoms. The van der Waals surface area contributed by atoms with Crippen LogP contribution in [0.4, 0.5) is 5.69 Å². The van der Waals surface area contributed by atoms with Gasteiger partial charge in [-0.15, -0.1) is 0 Å². The fourth-order valence-electron chi connectivity index (χ4n) is 1.85. The number of carboxylic acid groups (broad SMARTS) is 1. The van der Waals surface area contributed by atoms with Gasteiger partial charge in [0.1, 0.15) is 17.4 Å². The average molecular weight is 401 g/mol. The highest BCUT2D eigenvalue weighted by molar-refractivity contribution is 9.10. The maximum atomic E-state index is 12.2. The number of aliphatic carboxylic acids is 1. The van der Waals surface area contributed by atoms with Crippen molar-refractivity contribution in [3.63, 3.8) is 0 Å². The fourth-order valence-corrected chi connectivity index (χ4v) is 2.12. The molecule has 2 aromatic carbocycles. The van der Waals surface area contributed by atoms with E-state index in [9.17, 15) is 14.9 Å². The summed E-state index contributed by atoms with van der Waals surface area (Å²) in [6.07, 6.45) is 1.44. The van der Waals surface area contributed by atoms with E-state index >= 15 is 0 Å². The third-order valence-corrected chi connectivity index (χ3v) is 3.55. The van der Waals surface area contributed by atoms with Crippen molar-refractivity contribution in [2.45, 2.75) is 0 Å². The van der Waals surface area contributed by atoms with Crippen LogP contribution >= 0.6 is 15.9 Å². The summed E-state index contributed by atoms with van der Waals surface area (Å²) in [5.74, 6) is -1.20. The Morgan fingerprint density at radius 3 is 2.36 bits per heavy atom. The molecule has 0 bridgehead atoms. The van der Waals surface area contributed by atoms with Gasteiger partial charge < -0.3 is 15.2 Å². The molecule has 0 unspecified atom stereocenters. The first-order chi connectivity index (χ1) is 12.0. The first-order valence-corrected chi connectivity index (χ1v) is 7.90. The summed E-state index contributed by atoms with van der Waals surface area (Å²) in [7, 11) is 0. The van der Waals surface area contributed by atoms with E-state index < -0.39 is 18.5 Å². The standard InChI is InChI=1S/C18H13BrN2O4/c19-14-3-5-15(6-4-14)21-18(24)13(10-20)9-12-1-7-16(8-2-12)25-11-17(22)23/h1-9H,11H2,(H,21,24)(H,22,23)/b13-9-. The number of carbonyl (C=O) groups excluding carboxylic acids is 1. The van der Waals surface area contributed by atoms with Crippen molar-refractivity contribution in [3.05, 3.63) is 64.1 Å². The molecule has 0 saturated carbocycles. The summed E-state index contributed by atoms with van der Waals surface area (Å²) in [4.78, 5) is 22.6. The van der Waals surface area contributed by atoms with Crippen molar-refractivity contribution in [2.24, 2.45) is 0 Å². The summed E-state index contributed by atoms with van der Waals surface area (Å²) >= 11 is 3.30. The van der Waals surface area contributed by atoms with Crippen molar-refractivity contribution in [3.8, 4) is 11.8 Å². The highest BCUT2D eigenvalue weighted by Crippen LogP contribution is 2.17. The largest absolute Gasteiger partial charge is 0.482 e. The molecule has 2 rings (SSSR count). The van der Waals surface area contributed by atoms with E-state index in [1.165, 1.54) is 6.08 Å². The molecule has 0 radical (unpaired) electrons. The van der Waals surface area contributed by atoms with Gasteiger partial charge in [-0.25, -0.2) is 4.79 Å². The number of nitriles is 1. The van der Waals surface area contributed by atoms with E-state index in [1.54, 1.807) is 48.5 Å². The number of nitrogens with zero attached hydrogens (tertiary/aromatic N) is 1. The number of carbonyl (C=O) groups is 2. The second-order valence-corrected chi connectivity index (χ2v) is 5.80. The van der Waals surface area contributed by atoms with Crippen molar-refractivity contribution in [1.29, 1.82) is 5.26 Å². The molecule has 2 N–H and O–H groups in total. The van der Waals surface area contributed by atoms with Gasteiger partial charge in [0.15, 0.2) is 6.61 Å². The Kier molecular flexibility index (Phi) is 6.32. The lowest BCUT2D eigenvalue weighted by Gasteiger charge is -2.05. The SMILES string of the molecule is N#C/C(=C/c1ccc(OCC(=O)O)cc1)C(=O)Nc1ccc(Br)cc1. The van der Waals surface area contributed by atoms with Gasteiger partial charge in [-0.3, -0.25) is 4.79 Å². The number of benzene rings is 2. The number of amides is 1. The lowest BCUT2D eigenvalue weighted by molar-refractivity contribution is -0.139. The second-order valence-electron chi connectivity index (χ2n) is 4.88. The average Bonchev–Trinajstić information content (AvgIpc) is 2.60. The molecule has 126 valence electrons. The second kappa shape index (κ2) is 8.66. The van der Waals surface area contributed by atoms with Crippen LogP contribution in [0.5, 0.6) is 5.75 Å². The van der Waals surface area contributed by atoms with Crippen molar-refractivity contribution in [2.75, 3.05) is 11.9 Å². The Morgan fingerprint density at radius 1 is 1.16 bits per heavy atom. The number of hydrogen-bond donors (Lipinski definition) is 2. The molecule has 25 heavy (non-hydrogen) atoms. The van der Waals surface area contributed by atoms with Crippen LogP contribution in [-0.4, -0.2) is 23.6 Å². The van der Waals surface area contributed by atoms with Crippen LogP contribution in [0.3, 0.4) is 0 Å². The number of rotatable bonds is 6. The van der Waals surface area contributed by atoms with Crippen molar-refractivity contribution < 1.29 is 19.4 Å². The zero-order valence-corrected chi connectivity index (χ0v) is 14.5. The van der Waals surface area contributed by atoms with Crippen molar-refractivity contribution in [1.82, 2.24) is 0 Å². The Morgan fingerprint density at radius 2 is 1.80 bits per heavy atom. The minimum absolute atomic E-state index is 0.0536. The number of carboxylic acids is 1. The van der Waals surface area contributed by atoms with Gasteiger partial charge in [-0.05, 0) is 48.0 Å². The molecule has 0 aromatic heterocycles. The van der Waals surface area contributed by atoms with Crippen LogP contribution in [-0.2, 0) is 9.59 Å². The first kappa shape index (κ1) is 18.2. The van der Waals surface area contributed by atoms with Gasteiger partial charge >= 0.3 is 5.97 Å². The topological polar surface area (TPSA) is 99.4 Å². The van der Waals surface area contributed by atoms with Gasteiger partial charge in [0.05, 0.1) is 0 Å². The number of ether oxygens (including phenoxy) is 1. The summed E-state index contributed by atoms with van der Waals surface area (Å²) in [5.41, 5.74) is 1.14. The van der Waals surface area contributed by atoms with Gasteiger partial charge in [-0.2, -0.15) is 5.26 Å². The predicted molar refractivity (Wildman–Crippen MR) is 95.9 cm³/mol. The van der Waals surface area contributed by atoms with Gasteiger partial charge in [-0.1, -0.05) is 28.1 Å². The highest BCUT2D eigenvalue weighted by atomic mass is 79.9. The third kappa shape index (κ3) is 5.79. The first-order valence-electron chi connectivity index (χ1n) is 7.11. The van der Waals surface area contributed by atoms with Crippen LogP contribution in [0.1, 0.15) is 5.56 Å². The highest BCUT2D eigenvalue weighted by Gasteiger charge is 2.09. The molecule has 0 aliphatic heterocycles. The molecule has 2 aromatic rings. The molecule has 0 aliphatic carbocycles. The molecule has 1 amide bonds. The molecular formula is C18H13BrN2O4. The zero-order chi connectivity index (χ0) is 18.2. The van der Waals surface area contributed by atoms with E-state index in [1.807, 2.05) is 6.07 Å². The summed E-state index contributed by atoms with van der Waals surface area (Å²) in [6, 6.07) is 15.2. The molecule has 0 fully saturated rings. The maximum absolute atomic E-state index is 12.2. The van der Waals surface area contributed by atoms with Gasteiger partial charge in [0.25, 0.3) is 5.91 Å². The third-order valence-electron chi connectivity index (χ3n) is 3.02. The molecular weight excluding hydrogens is 388 g/mol. The predicted octanol–water partition coefficient (Wildman–Crippen LogP) is 3.46. The van der Waals surface area contributed by atoms with E-state index in [0.717, 1.165) is 4.47 Å². The quantitative estimate of drug-likeness (QED) is 0.571. The lowest BCUT2D eigenvalue weighted by Crippen LogP contribution is -2.13. The molecule has 0 atom stereocenters. The maximum Gasteiger partial charge on any atom is 0.341 e. The smallest absolute Gasteiger partial charge is 0.341 e. The number of hydrogen-bond acceptors (Lipinski definition) is 4. The van der Waals surface area contributed by atoms with Gasteiger partial charge in [0, 0.05) is 10.2 Å². The molecule has 0 aliphatic rings.